The molecule has 0 spiro atoms. The van der Waals surface area contributed by atoms with E-state index in [0.29, 0.717) is 13.0 Å². The third-order valence-corrected chi connectivity index (χ3v) is 3.20. The highest BCUT2D eigenvalue weighted by molar-refractivity contribution is 6.02. The van der Waals surface area contributed by atoms with Gasteiger partial charge in [-0.25, -0.2) is 0 Å². The molecule has 0 radical (unpaired) electrons. The minimum atomic E-state index is -0.543. The standard InChI is InChI=1S/C12H23N3O3/c1-3-4-10(11(13)15-17)12(16)14-9-5-6-18-8(2)7-9/h8-10,17H,3-7H2,1-2H3,(H2,13,15)(H,14,16). The van der Waals surface area contributed by atoms with Crippen LogP contribution in [0.1, 0.15) is 39.5 Å². The molecule has 1 fully saturated rings. The Hall–Kier alpha value is -1.30. The molecule has 1 amide bonds. The second-order valence-corrected chi connectivity index (χ2v) is 4.78. The van der Waals surface area contributed by atoms with Crippen LogP contribution in [0.25, 0.3) is 0 Å². The van der Waals surface area contributed by atoms with Gasteiger partial charge in [-0.15, -0.1) is 0 Å². The van der Waals surface area contributed by atoms with Crippen LogP contribution < -0.4 is 11.1 Å². The monoisotopic (exact) mass is 257 g/mol. The van der Waals surface area contributed by atoms with Gasteiger partial charge in [0, 0.05) is 12.6 Å². The highest BCUT2D eigenvalue weighted by atomic mass is 16.5. The van der Waals surface area contributed by atoms with Crippen molar-refractivity contribution < 1.29 is 14.7 Å². The van der Waals surface area contributed by atoms with E-state index in [0.717, 1.165) is 19.3 Å². The number of ether oxygens (including phenoxy) is 1. The van der Waals surface area contributed by atoms with Gasteiger partial charge in [0.05, 0.1) is 12.0 Å². The molecule has 4 N–H and O–H groups in total. The average Bonchev–Trinajstić information content (AvgIpc) is 2.35. The van der Waals surface area contributed by atoms with Gasteiger partial charge in [-0.2, -0.15) is 0 Å². The van der Waals surface area contributed by atoms with Gasteiger partial charge in [-0.1, -0.05) is 18.5 Å². The average molecular weight is 257 g/mol. The topological polar surface area (TPSA) is 96.9 Å². The van der Waals surface area contributed by atoms with Gasteiger partial charge in [0.2, 0.25) is 5.91 Å². The highest BCUT2D eigenvalue weighted by Gasteiger charge is 2.27. The minimum Gasteiger partial charge on any atom is -0.409 e. The van der Waals surface area contributed by atoms with Crippen molar-refractivity contribution in [1.29, 1.82) is 0 Å². The van der Waals surface area contributed by atoms with E-state index in [-0.39, 0.29) is 23.9 Å². The van der Waals surface area contributed by atoms with Crippen molar-refractivity contribution in [2.45, 2.75) is 51.7 Å². The summed E-state index contributed by atoms with van der Waals surface area (Å²) in [5, 5.41) is 14.6. The molecule has 1 rings (SSSR count). The fourth-order valence-corrected chi connectivity index (χ4v) is 2.20. The second kappa shape index (κ2) is 7.20. The van der Waals surface area contributed by atoms with Gasteiger partial charge in [0.15, 0.2) is 5.84 Å². The first-order valence-electron chi connectivity index (χ1n) is 6.47. The van der Waals surface area contributed by atoms with E-state index in [9.17, 15) is 4.79 Å². The van der Waals surface area contributed by atoms with Crippen molar-refractivity contribution in [3.8, 4) is 0 Å². The summed E-state index contributed by atoms with van der Waals surface area (Å²) in [5.41, 5.74) is 5.55. The molecule has 1 aliphatic rings. The van der Waals surface area contributed by atoms with Crippen molar-refractivity contribution in [1.82, 2.24) is 5.32 Å². The fraction of sp³-hybridized carbons (Fsp3) is 0.833. The first-order chi connectivity index (χ1) is 8.58. The van der Waals surface area contributed by atoms with Crippen LogP contribution in [0.2, 0.25) is 0 Å². The first kappa shape index (κ1) is 14.8. The Labute approximate surface area is 108 Å². The van der Waals surface area contributed by atoms with Crippen molar-refractivity contribution in [2.75, 3.05) is 6.61 Å². The Morgan fingerprint density at radius 2 is 2.39 bits per heavy atom. The molecule has 6 heteroatoms. The molecule has 1 heterocycles. The maximum absolute atomic E-state index is 12.1. The Kier molecular flexibility index (Phi) is 5.91. The predicted molar refractivity (Wildman–Crippen MR) is 68.4 cm³/mol. The fourth-order valence-electron chi connectivity index (χ4n) is 2.20. The summed E-state index contributed by atoms with van der Waals surface area (Å²) in [5.74, 6) is -0.723. The summed E-state index contributed by atoms with van der Waals surface area (Å²) >= 11 is 0. The lowest BCUT2D eigenvalue weighted by Crippen LogP contribution is -2.46. The molecule has 0 aromatic heterocycles. The Balaban J connectivity index is 2.55. The van der Waals surface area contributed by atoms with Crippen LogP contribution in [-0.4, -0.2) is 35.7 Å². The van der Waals surface area contributed by atoms with Gasteiger partial charge in [-0.05, 0) is 26.2 Å². The largest absolute Gasteiger partial charge is 0.409 e. The maximum atomic E-state index is 12.1. The summed E-state index contributed by atoms with van der Waals surface area (Å²) in [4.78, 5) is 12.1. The molecule has 6 nitrogen and oxygen atoms in total. The quantitative estimate of drug-likeness (QED) is 0.294. The van der Waals surface area contributed by atoms with Crippen LogP contribution >= 0.6 is 0 Å². The number of hydrogen-bond donors (Lipinski definition) is 3. The molecular weight excluding hydrogens is 234 g/mol. The first-order valence-corrected chi connectivity index (χ1v) is 6.47. The number of carbonyl (C=O) groups excluding carboxylic acids is 1. The van der Waals surface area contributed by atoms with Crippen molar-refractivity contribution >= 4 is 11.7 Å². The van der Waals surface area contributed by atoms with Crippen LogP contribution in [-0.2, 0) is 9.53 Å². The lowest BCUT2D eigenvalue weighted by Gasteiger charge is -2.29. The third-order valence-electron chi connectivity index (χ3n) is 3.20. The Bertz CT molecular complexity index is 307. The summed E-state index contributed by atoms with van der Waals surface area (Å²) in [7, 11) is 0. The van der Waals surface area contributed by atoms with E-state index in [2.05, 4.69) is 10.5 Å². The molecule has 3 atom stereocenters. The smallest absolute Gasteiger partial charge is 0.231 e. The summed E-state index contributed by atoms with van der Waals surface area (Å²) in [6, 6.07) is 0.118. The zero-order valence-corrected chi connectivity index (χ0v) is 11.1. The Morgan fingerprint density at radius 3 is 2.94 bits per heavy atom. The molecule has 18 heavy (non-hydrogen) atoms. The molecule has 0 aromatic carbocycles. The van der Waals surface area contributed by atoms with Crippen molar-refractivity contribution in [3.05, 3.63) is 0 Å². The molecule has 0 saturated carbocycles. The number of hydrogen-bond acceptors (Lipinski definition) is 4. The molecule has 0 bridgehead atoms. The second-order valence-electron chi connectivity index (χ2n) is 4.78. The summed E-state index contributed by atoms with van der Waals surface area (Å²) in [6.45, 7) is 4.61. The molecule has 104 valence electrons. The lowest BCUT2D eigenvalue weighted by molar-refractivity contribution is -0.125. The van der Waals surface area contributed by atoms with E-state index < -0.39 is 5.92 Å². The zero-order valence-electron chi connectivity index (χ0n) is 11.1. The molecule has 1 aliphatic heterocycles. The Morgan fingerprint density at radius 1 is 1.67 bits per heavy atom. The van der Waals surface area contributed by atoms with E-state index in [4.69, 9.17) is 15.7 Å². The van der Waals surface area contributed by atoms with Crippen molar-refractivity contribution in [3.63, 3.8) is 0 Å². The molecule has 0 aliphatic carbocycles. The van der Waals surface area contributed by atoms with E-state index in [1.54, 1.807) is 0 Å². The highest BCUT2D eigenvalue weighted by Crippen LogP contribution is 2.15. The number of carbonyl (C=O) groups is 1. The molecule has 0 aromatic rings. The summed E-state index contributed by atoms with van der Waals surface area (Å²) < 4.78 is 5.43. The van der Waals surface area contributed by atoms with Gasteiger partial charge in [0.25, 0.3) is 0 Å². The van der Waals surface area contributed by atoms with Crippen LogP contribution in [0.3, 0.4) is 0 Å². The number of nitrogens with zero attached hydrogens (tertiary/aromatic N) is 1. The molecule has 3 unspecified atom stereocenters. The van der Waals surface area contributed by atoms with E-state index in [1.165, 1.54) is 0 Å². The van der Waals surface area contributed by atoms with Crippen molar-refractivity contribution in [2.24, 2.45) is 16.8 Å². The number of rotatable bonds is 5. The number of amides is 1. The SMILES string of the molecule is CCCC(C(=O)NC1CCOC(C)C1)C(N)=NO. The van der Waals surface area contributed by atoms with Crippen LogP contribution in [0, 0.1) is 5.92 Å². The van der Waals surface area contributed by atoms with Gasteiger partial charge in [0.1, 0.15) is 0 Å². The molecule has 1 saturated heterocycles. The lowest BCUT2D eigenvalue weighted by atomic mass is 9.99. The third kappa shape index (κ3) is 4.18. The van der Waals surface area contributed by atoms with Crippen LogP contribution in [0.15, 0.2) is 5.16 Å². The van der Waals surface area contributed by atoms with E-state index >= 15 is 0 Å². The normalized spacial score (nSPS) is 26.7. The van der Waals surface area contributed by atoms with Crippen LogP contribution in [0.4, 0.5) is 0 Å². The number of oxime groups is 1. The summed E-state index contributed by atoms with van der Waals surface area (Å²) in [6.07, 6.45) is 3.17. The minimum absolute atomic E-state index is 0.0190. The number of nitrogens with one attached hydrogen (secondary N) is 1. The molecular formula is C12H23N3O3. The van der Waals surface area contributed by atoms with Crippen LogP contribution in [0.5, 0.6) is 0 Å². The van der Waals surface area contributed by atoms with E-state index in [1.807, 2.05) is 13.8 Å². The zero-order chi connectivity index (χ0) is 13.5. The number of nitrogens with two attached hydrogens (primary N) is 1. The maximum Gasteiger partial charge on any atom is 0.231 e. The predicted octanol–water partition coefficient (Wildman–Crippen LogP) is 0.833. The van der Waals surface area contributed by atoms with Gasteiger partial charge >= 0.3 is 0 Å². The number of amidine groups is 1. The van der Waals surface area contributed by atoms with Gasteiger partial charge in [-0.3, -0.25) is 4.79 Å². The van der Waals surface area contributed by atoms with Gasteiger partial charge < -0.3 is 21.0 Å².